The summed E-state index contributed by atoms with van der Waals surface area (Å²) in [5, 5.41) is 4.41. The predicted molar refractivity (Wildman–Crippen MR) is 70.1 cm³/mol. The van der Waals surface area contributed by atoms with E-state index in [1.807, 2.05) is 24.3 Å². The normalized spacial score (nSPS) is 11.1. The molecule has 0 radical (unpaired) electrons. The monoisotopic (exact) mass is 256 g/mol. The van der Waals surface area contributed by atoms with Crippen LogP contribution < -0.4 is 5.73 Å². The Morgan fingerprint density at radius 3 is 2.79 bits per heavy atom. The van der Waals surface area contributed by atoms with Crippen LogP contribution >= 0.6 is 0 Å². The Hall–Kier alpha value is -2.27. The van der Waals surface area contributed by atoms with Gasteiger partial charge in [-0.3, -0.25) is 0 Å². The van der Waals surface area contributed by atoms with Gasteiger partial charge in [0, 0.05) is 13.0 Å². The van der Waals surface area contributed by atoms with Gasteiger partial charge in [0.25, 0.3) is 0 Å². The first-order valence-corrected chi connectivity index (χ1v) is 6.04. The summed E-state index contributed by atoms with van der Waals surface area (Å²) in [5.41, 5.74) is 8.17. The van der Waals surface area contributed by atoms with Crippen LogP contribution in [0.5, 0.6) is 0 Å². The molecule has 0 saturated heterocycles. The molecule has 3 aromatic rings. The zero-order chi connectivity index (χ0) is 13.2. The van der Waals surface area contributed by atoms with E-state index in [1.54, 1.807) is 10.6 Å². The highest BCUT2D eigenvalue weighted by atomic mass is 19.1. The van der Waals surface area contributed by atoms with Gasteiger partial charge in [0.1, 0.15) is 5.82 Å². The second-order valence-electron chi connectivity index (χ2n) is 4.33. The maximum Gasteiger partial charge on any atom is 0.156 e. The molecule has 2 heterocycles. The number of rotatable bonds is 3. The first-order valence-electron chi connectivity index (χ1n) is 6.04. The molecule has 0 amide bonds. The third kappa shape index (κ3) is 2.32. The first kappa shape index (κ1) is 11.8. The van der Waals surface area contributed by atoms with Crippen LogP contribution in [-0.2, 0) is 13.0 Å². The van der Waals surface area contributed by atoms with Crippen LogP contribution in [0.4, 0.5) is 4.39 Å². The van der Waals surface area contributed by atoms with Crippen molar-refractivity contribution in [3.05, 3.63) is 65.4 Å². The van der Waals surface area contributed by atoms with E-state index in [4.69, 9.17) is 5.73 Å². The number of nitrogens with two attached hydrogens (primary N) is 1. The van der Waals surface area contributed by atoms with E-state index < -0.39 is 0 Å². The van der Waals surface area contributed by atoms with Crippen molar-refractivity contribution >= 4 is 5.65 Å². The molecule has 0 atom stereocenters. The molecule has 4 nitrogen and oxygen atoms in total. The molecule has 96 valence electrons. The van der Waals surface area contributed by atoms with Crippen molar-refractivity contribution < 1.29 is 4.39 Å². The minimum atomic E-state index is -0.246. The molecule has 1 aromatic carbocycles. The van der Waals surface area contributed by atoms with Crippen LogP contribution in [0.3, 0.4) is 0 Å². The van der Waals surface area contributed by atoms with Crippen molar-refractivity contribution in [1.82, 2.24) is 14.6 Å². The Morgan fingerprint density at radius 2 is 2.00 bits per heavy atom. The molecule has 19 heavy (non-hydrogen) atoms. The summed E-state index contributed by atoms with van der Waals surface area (Å²) in [6, 6.07) is 12.2. The van der Waals surface area contributed by atoms with Gasteiger partial charge in [-0.2, -0.15) is 5.10 Å². The molecule has 0 aliphatic heterocycles. The molecule has 0 fully saturated rings. The Bertz CT molecular complexity index is 720. The summed E-state index contributed by atoms with van der Waals surface area (Å²) < 4.78 is 14.9. The summed E-state index contributed by atoms with van der Waals surface area (Å²) in [5.74, 6) is 0.412. The van der Waals surface area contributed by atoms with Gasteiger partial charge in [0.05, 0.1) is 5.69 Å². The van der Waals surface area contributed by atoms with Crippen molar-refractivity contribution in [2.24, 2.45) is 5.73 Å². The van der Waals surface area contributed by atoms with E-state index in [9.17, 15) is 4.39 Å². The minimum Gasteiger partial charge on any atom is -0.325 e. The highest BCUT2D eigenvalue weighted by Gasteiger charge is 2.07. The molecule has 5 heteroatoms. The Morgan fingerprint density at radius 1 is 1.16 bits per heavy atom. The zero-order valence-corrected chi connectivity index (χ0v) is 10.3. The van der Waals surface area contributed by atoms with E-state index >= 15 is 0 Å². The minimum absolute atomic E-state index is 0.246. The average Bonchev–Trinajstić information content (AvgIpc) is 2.80. The number of fused-ring (bicyclic) bond motifs is 1. The van der Waals surface area contributed by atoms with E-state index in [1.165, 1.54) is 12.1 Å². The summed E-state index contributed by atoms with van der Waals surface area (Å²) in [6.45, 7) is 0.403. The third-order valence-corrected chi connectivity index (χ3v) is 2.94. The molecule has 0 unspecified atom stereocenters. The molecule has 0 saturated carbocycles. The second-order valence-corrected chi connectivity index (χ2v) is 4.33. The van der Waals surface area contributed by atoms with E-state index in [0.717, 1.165) is 16.9 Å². The Kier molecular flexibility index (Phi) is 2.97. The fraction of sp³-hybridized carbons (Fsp3) is 0.143. The third-order valence-electron chi connectivity index (χ3n) is 2.94. The number of benzene rings is 1. The summed E-state index contributed by atoms with van der Waals surface area (Å²) in [7, 11) is 0. The molecule has 0 aliphatic rings. The van der Waals surface area contributed by atoms with Crippen molar-refractivity contribution in [2.75, 3.05) is 0 Å². The zero-order valence-electron chi connectivity index (χ0n) is 10.3. The maximum absolute atomic E-state index is 13.1. The number of hydrogen-bond acceptors (Lipinski definition) is 3. The Balaban J connectivity index is 1.98. The van der Waals surface area contributed by atoms with Crippen molar-refractivity contribution in [1.29, 1.82) is 0 Å². The standard InChI is InChI=1S/C14H13FN4/c15-11-4-1-3-10(7-11)8-13-17-14-6-2-5-12(9-16)19(14)18-13/h1-7H,8-9,16H2. The highest BCUT2D eigenvalue weighted by Crippen LogP contribution is 2.11. The summed E-state index contributed by atoms with van der Waals surface area (Å²) >= 11 is 0. The lowest BCUT2D eigenvalue weighted by Crippen LogP contribution is -2.04. The first-order chi connectivity index (χ1) is 9.26. The SMILES string of the molecule is NCc1cccc2nc(Cc3cccc(F)c3)nn12. The van der Waals surface area contributed by atoms with Crippen molar-refractivity contribution in [2.45, 2.75) is 13.0 Å². The van der Waals surface area contributed by atoms with Gasteiger partial charge in [0.15, 0.2) is 11.5 Å². The fourth-order valence-electron chi connectivity index (χ4n) is 2.06. The largest absolute Gasteiger partial charge is 0.325 e. The van der Waals surface area contributed by atoms with Crippen LogP contribution in [0, 0.1) is 5.82 Å². The molecule has 3 rings (SSSR count). The lowest BCUT2D eigenvalue weighted by molar-refractivity contribution is 0.625. The van der Waals surface area contributed by atoms with Gasteiger partial charge in [-0.15, -0.1) is 0 Å². The molecular formula is C14H13FN4. The molecule has 2 aromatic heterocycles. The lowest BCUT2D eigenvalue weighted by atomic mass is 10.1. The molecule has 0 spiro atoms. The smallest absolute Gasteiger partial charge is 0.156 e. The molecule has 2 N–H and O–H groups in total. The van der Waals surface area contributed by atoms with E-state index in [-0.39, 0.29) is 5.82 Å². The number of halogens is 1. The quantitative estimate of drug-likeness (QED) is 0.779. The average molecular weight is 256 g/mol. The molecule has 0 bridgehead atoms. The van der Waals surface area contributed by atoms with Gasteiger partial charge >= 0.3 is 0 Å². The van der Waals surface area contributed by atoms with Crippen LogP contribution in [0.1, 0.15) is 17.1 Å². The fourth-order valence-corrected chi connectivity index (χ4v) is 2.06. The maximum atomic E-state index is 13.1. The van der Waals surface area contributed by atoms with Gasteiger partial charge < -0.3 is 5.73 Å². The van der Waals surface area contributed by atoms with Crippen LogP contribution in [-0.4, -0.2) is 14.6 Å². The van der Waals surface area contributed by atoms with Gasteiger partial charge in [-0.1, -0.05) is 18.2 Å². The summed E-state index contributed by atoms with van der Waals surface area (Å²) in [4.78, 5) is 4.42. The van der Waals surface area contributed by atoms with E-state index in [2.05, 4.69) is 10.1 Å². The predicted octanol–water partition coefficient (Wildman–Crippen LogP) is 1.92. The number of pyridine rings is 1. The topological polar surface area (TPSA) is 56.2 Å². The van der Waals surface area contributed by atoms with Crippen molar-refractivity contribution in [3.8, 4) is 0 Å². The highest BCUT2D eigenvalue weighted by molar-refractivity contribution is 5.39. The van der Waals surface area contributed by atoms with Crippen LogP contribution in [0.15, 0.2) is 42.5 Å². The number of aromatic nitrogens is 3. The second kappa shape index (κ2) is 4.78. The lowest BCUT2D eigenvalue weighted by Gasteiger charge is -1.98. The van der Waals surface area contributed by atoms with Gasteiger partial charge in [0.2, 0.25) is 0 Å². The van der Waals surface area contributed by atoms with Crippen molar-refractivity contribution in [3.63, 3.8) is 0 Å². The van der Waals surface area contributed by atoms with Crippen LogP contribution in [0.2, 0.25) is 0 Å². The van der Waals surface area contributed by atoms with Gasteiger partial charge in [-0.25, -0.2) is 13.9 Å². The van der Waals surface area contributed by atoms with E-state index in [0.29, 0.717) is 18.8 Å². The Labute approximate surface area is 109 Å². The van der Waals surface area contributed by atoms with Gasteiger partial charge in [-0.05, 0) is 29.8 Å². The number of hydrogen-bond donors (Lipinski definition) is 1. The molecule has 0 aliphatic carbocycles. The summed E-state index contributed by atoms with van der Waals surface area (Å²) in [6.07, 6.45) is 0.503. The molecular weight excluding hydrogens is 243 g/mol. The van der Waals surface area contributed by atoms with Crippen LogP contribution in [0.25, 0.3) is 5.65 Å². The number of nitrogens with zero attached hydrogens (tertiary/aromatic N) is 3.